The molecule has 2 fully saturated rings. The molecule has 16 heavy (non-hydrogen) atoms. The van der Waals surface area contributed by atoms with E-state index in [1.54, 1.807) is 0 Å². The SMILES string of the molecule is CN(C(=O)C1CCNCC1)C1CCSCC1. The van der Waals surface area contributed by atoms with Crippen LogP contribution in [0.1, 0.15) is 25.7 Å². The minimum atomic E-state index is 0.279. The summed E-state index contributed by atoms with van der Waals surface area (Å²) in [6.07, 6.45) is 4.39. The number of hydrogen-bond acceptors (Lipinski definition) is 3. The summed E-state index contributed by atoms with van der Waals surface area (Å²) in [6.45, 7) is 2.01. The summed E-state index contributed by atoms with van der Waals surface area (Å²) < 4.78 is 0. The Bertz CT molecular complexity index is 235. The Hall–Kier alpha value is -0.220. The molecule has 3 nitrogen and oxygen atoms in total. The van der Waals surface area contributed by atoms with Crippen LogP contribution < -0.4 is 5.32 Å². The standard InChI is InChI=1S/C12H22N2OS/c1-14(11-4-8-16-9-5-11)12(15)10-2-6-13-7-3-10/h10-11,13H,2-9H2,1H3. The number of nitrogens with zero attached hydrogens (tertiary/aromatic N) is 1. The summed E-state index contributed by atoms with van der Waals surface area (Å²) in [5, 5.41) is 3.31. The van der Waals surface area contributed by atoms with E-state index in [1.165, 1.54) is 24.3 Å². The molecule has 0 saturated carbocycles. The first kappa shape index (κ1) is 12.2. The van der Waals surface area contributed by atoms with Gasteiger partial charge in [-0.25, -0.2) is 0 Å². The van der Waals surface area contributed by atoms with Gasteiger partial charge in [0, 0.05) is 19.0 Å². The number of carbonyl (C=O) groups excluding carboxylic acids is 1. The van der Waals surface area contributed by atoms with Crippen LogP contribution in [0, 0.1) is 5.92 Å². The van der Waals surface area contributed by atoms with E-state index in [9.17, 15) is 4.79 Å². The third-order valence-electron chi connectivity index (χ3n) is 3.77. The molecule has 92 valence electrons. The summed E-state index contributed by atoms with van der Waals surface area (Å²) in [5.41, 5.74) is 0. The highest BCUT2D eigenvalue weighted by molar-refractivity contribution is 7.99. The van der Waals surface area contributed by atoms with Gasteiger partial charge in [0.05, 0.1) is 0 Å². The summed E-state index contributed by atoms with van der Waals surface area (Å²) in [4.78, 5) is 14.3. The van der Waals surface area contributed by atoms with Gasteiger partial charge in [-0.15, -0.1) is 0 Å². The van der Waals surface area contributed by atoms with Crippen LogP contribution in [0.2, 0.25) is 0 Å². The van der Waals surface area contributed by atoms with E-state index in [4.69, 9.17) is 0 Å². The molecule has 0 aromatic rings. The van der Waals surface area contributed by atoms with Gasteiger partial charge >= 0.3 is 0 Å². The number of rotatable bonds is 2. The van der Waals surface area contributed by atoms with E-state index in [0.717, 1.165) is 25.9 Å². The largest absolute Gasteiger partial charge is 0.342 e. The molecule has 0 radical (unpaired) electrons. The number of nitrogens with one attached hydrogen (secondary N) is 1. The zero-order chi connectivity index (χ0) is 11.4. The van der Waals surface area contributed by atoms with Gasteiger partial charge in [-0.1, -0.05) is 0 Å². The van der Waals surface area contributed by atoms with Gasteiger partial charge in [0.15, 0.2) is 0 Å². The Morgan fingerprint density at radius 3 is 2.44 bits per heavy atom. The minimum absolute atomic E-state index is 0.279. The Labute approximate surface area is 102 Å². The topological polar surface area (TPSA) is 32.3 Å². The van der Waals surface area contributed by atoms with Crippen LogP contribution in [-0.4, -0.2) is 48.5 Å². The van der Waals surface area contributed by atoms with E-state index in [1.807, 2.05) is 23.7 Å². The van der Waals surface area contributed by atoms with E-state index >= 15 is 0 Å². The van der Waals surface area contributed by atoms with Crippen molar-refractivity contribution in [2.24, 2.45) is 5.92 Å². The molecule has 0 spiro atoms. The quantitative estimate of drug-likeness (QED) is 0.793. The van der Waals surface area contributed by atoms with Crippen molar-refractivity contribution in [2.45, 2.75) is 31.7 Å². The number of amides is 1. The van der Waals surface area contributed by atoms with E-state index in [-0.39, 0.29) is 5.92 Å². The molecule has 0 atom stereocenters. The first-order valence-corrected chi connectivity index (χ1v) is 7.49. The fourth-order valence-electron chi connectivity index (χ4n) is 2.61. The molecule has 1 amide bonds. The number of piperidine rings is 1. The molecule has 2 aliphatic rings. The maximum absolute atomic E-state index is 12.3. The maximum Gasteiger partial charge on any atom is 0.225 e. The molecule has 0 unspecified atom stereocenters. The lowest BCUT2D eigenvalue weighted by molar-refractivity contribution is -0.137. The molecule has 4 heteroatoms. The van der Waals surface area contributed by atoms with Crippen molar-refractivity contribution in [3.05, 3.63) is 0 Å². The van der Waals surface area contributed by atoms with Crippen molar-refractivity contribution in [1.82, 2.24) is 10.2 Å². The van der Waals surface area contributed by atoms with Crippen LogP contribution in [0.15, 0.2) is 0 Å². The molecule has 2 heterocycles. The molecule has 2 saturated heterocycles. The Morgan fingerprint density at radius 2 is 1.81 bits per heavy atom. The lowest BCUT2D eigenvalue weighted by atomic mass is 9.95. The van der Waals surface area contributed by atoms with Gasteiger partial charge in [-0.05, 0) is 50.3 Å². The van der Waals surface area contributed by atoms with Gasteiger partial charge in [0.25, 0.3) is 0 Å². The Kier molecular flexibility index (Phi) is 4.53. The Balaban J connectivity index is 1.86. The summed E-state index contributed by atoms with van der Waals surface area (Å²) in [5.74, 6) is 3.10. The highest BCUT2D eigenvalue weighted by atomic mass is 32.2. The molecule has 0 aromatic heterocycles. The van der Waals surface area contributed by atoms with Gasteiger partial charge < -0.3 is 10.2 Å². The van der Waals surface area contributed by atoms with Crippen LogP contribution in [0.5, 0.6) is 0 Å². The molecule has 0 bridgehead atoms. The van der Waals surface area contributed by atoms with Gasteiger partial charge in [0.1, 0.15) is 0 Å². The highest BCUT2D eigenvalue weighted by Crippen LogP contribution is 2.23. The molecular formula is C12H22N2OS. The molecule has 0 aliphatic carbocycles. The van der Waals surface area contributed by atoms with Gasteiger partial charge in [-0.2, -0.15) is 11.8 Å². The van der Waals surface area contributed by atoms with Crippen molar-refractivity contribution >= 4 is 17.7 Å². The van der Waals surface area contributed by atoms with E-state index < -0.39 is 0 Å². The van der Waals surface area contributed by atoms with E-state index in [2.05, 4.69) is 5.32 Å². The smallest absolute Gasteiger partial charge is 0.225 e. The highest BCUT2D eigenvalue weighted by Gasteiger charge is 2.28. The normalized spacial score (nSPS) is 24.3. The number of hydrogen-bond donors (Lipinski definition) is 1. The molecule has 2 rings (SSSR count). The molecular weight excluding hydrogens is 220 g/mol. The molecule has 2 aliphatic heterocycles. The van der Waals surface area contributed by atoms with Crippen molar-refractivity contribution in [3.8, 4) is 0 Å². The summed E-state index contributed by atoms with van der Waals surface area (Å²) in [7, 11) is 2.00. The second-order valence-corrected chi connectivity index (χ2v) is 6.04. The van der Waals surface area contributed by atoms with Crippen LogP contribution in [0.25, 0.3) is 0 Å². The summed E-state index contributed by atoms with van der Waals surface area (Å²) >= 11 is 2.02. The third kappa shape index (κ3) is 2.92. The lowest BCUT2D eigenvalue weighted by Crippen LogP contribution is -2.45. The van der Waals surface area contributed by atoms with Crippen LogP contribution >= 0.6 is 11.8 Å². The predicted molar refractivity (Wildman–Crippen MR) is 68.7 cm³/mol. The van der Waals surface area contributed by atoms with Gasteiger partial charge in [-0.3, -0.25) is 4.79 Å². The third-order valence-corrected chi connectivity index (χ3v) is 4.82. The van der Waals surface area contributed by atoms with Crippen LogP contribution in [0.3, 0.4) is 0 Å². The van der Waals surface area contributed by atoms with Crippen molar-refractivity contribution < 1.29 is 4.79 Å². The molecule has 0 aromatic carbocycles. The second-order valence-electron chi connectivity index (χ2n) is 4.82. The zero-order valence-electron chi connectivity index (χ0n) is 10.1. The van der Waals surface area contributed by atoms with Crippen molar-refractivity contribution in [1.29, 1.82) is 0 Å². The van der Waals surface area contributed by atoms with Crippen molar-refractivity contribution in [3.63, 3.8) is 0 Å². The Morgan fingerprint density at radius 1 is 1.19 bits per heavy atom. The monoisotopic (exact) mass is 242 g/mol. The van der Waals surface area contributed by atoms with Crippen LogP contribution in [-0.2, 0) is 4.79 Å². The lowest BCUT2D eigenvalue weighted by Gasteiger charge is -2.34. The fourth-order valence-corrected chi connectivity index (χ4v) is 3.69. The van der Waals surface area contributed by atoms with E-state index in [0.29, 0.717) is 11.9 Å². The number of thioether (sulfide) groups is 1. The molecule has 1 N–H and O–H groups in total. The van der Waals surface area contributed by atoms with Crippen molar-refractivity contribution in [2.75, 3.05) is 31.6 Å². The van der Waals surface area contributed by atoms with Gasteiger partial charge in [0.2, 0.25) is 5.91 Å². The predicted octanol–water partition coefficient (Wildman–Crippen LogP) is 1.34. The first-order chi connectivity index (χ1) is 7.79. The average Bonchev–Trinajstić information content (AvgIpc) is 2.39. The first-order valence-electron chi connectivity index (χ1n) is 6.34. The minimum Gasteiger partial charge on any atom is -0.342 e. The van der Waals surface area contributed by atoms with Crippen LogP contribution in [0.4, 0.5) is 0 Å². The fraction of sp³-hybridized carbons (Fsp3) is 0.917. The number of carbonyl (C=O) groups is 1. The zero-order valence-corrected chi connectivity index (χ0v) is 10.9. The maximum atomic E-state index is 12.3. The average molecular weight is 242 g/mol. The summed E-state index contributed by atoms with van der Waals surface area (Å²) in [6, 6.07) is 0.503. The second kappa shape index (κ2) is 5.92.